The number of furan rings is 1. The monoisotopic (exact) mass is 249 g/mol. The van der Waals surface area contributed by atoms with Gasteiger partial charge in [0.05, 0.1) is 6.26 Å². The van der Waals surface area contributed by atoms with Crippen LogP contribution in [-0.4, -0.2) is 12.6 Å². The standard InChI is InChI=1S/C16H27NO/c1-14(9-10-16-8-5-13-18-16)17-12-11-15-6-3-2-4-7-15/h5,8,13-15,17H,2-4,6-7,9-12H2,1H3. The highest BCUT2D eigenvalue weighted by Gasteiger charge is 2.13. The molecule has 1 aromatic heterocycles. The highest BCUT2D eigenvalue weighted by molar-refractivity contribution is 4.98. The molecular weight excluding hydrogens is 222 g/mol. The van der Waals surface area contributed by atoms with Gasteiger partial charge in [0, 0.05) is 12.5 Å². The molecule has 1 saturated carbocycles. The van der Waals surface area contributed by atoms with Crippen LogP contribution in [-0.2, 0) is 6.42 Å². The predicted octanol–water partition coefficient (Wildman–Crippen LogP) is 4.16. The summed E-state index contributed by atoms with van der Waals surface area (Å²) in [6, 6.07) is 4.63. The van der Waals surface area contributed by atoms with E-state index < -0.39 is 0 Å². The van der Waals surface area contributed by atoms with Crippen molar-refractivity contribution < 1.29 is 4.42 Å². The van der Waals surface area contributed by atoms with Crippen LogP contribution in [0.2, 0.25) is 0 Å². The topological polar surface area (TPSA) is 25.2 Å². The lowest BCUT2D eigenvalue weighted by molar-refractivity contribution is 0.327. The molecule has 1 atom stereocenters. The summed E-state index contributed by atoms with van der Waals surface area (Å²) >= 11 is 0. The van der Waals surface area contributed by atoms with Gasteiger partial charge in [-0.15, -0.1) is 0 Å². The number of hydrogen-bond acceptors (Lipinski definition) is 2. The zero-order valence-corrected chi connectivity index (χ0v) is 11.7. The van der Waals surface area contributed by atoms with Crippen LogP contribution in [0.1, 0.15) is 57.6 Å². The van der Waals surface area contributed by atoms with Crippen molar-refractivity contribution >= 4 is 0 Å². The van der Waals surface area contributed by atoms with Gasteiger partial charge in [0.2, 0.25) is 0 Å². The van der Waals surface area contributed by atoms with Crippen molar-refractivity contribution in [2.75, 3.05) is 6.54 Å². The maximum absolute atomic E-state index is 5.36. The van der Waals surface area contributed by atoms with Crippen LogP contribution in [0.5, 0.6) is 0 Å². The van der Waals surface area contributed by atoms with Gasteiger partial charge in [0.25, 0.3) is 0 Å². The maximum Gasteiger partial charge on any atom is 0.103 e. The fourth-order valence-electron chi connectivity index (χ4n) is 2.93. The van der Waals surface area contributed by atoms with E-state index in [0.29, 0.717) is 6.04 Å². The largest absolute Gasteiger partial charge is 0.469 e. The molecule has 1 fully saturated rings. The molecule has 1 N–H and O–H groups in total. The summed E-state index contributed by atoms with van der Waals surface area (Å²) in [5.41, 5.74) is 0. The third-order valence-electron chi connectivity index (χ3n) is 4.17. The zero-order chi connectivity index (χ0) is 12.6. The predicted molar refractivity (Wildman–Crippen MR) is 75.7 cm³/mol. The Labute approximate surface area is 111 Å². The molecule has 2 heteroatoms. The van der Waals surface area contributed by atoms with E-state index in [1.54, 1.807) is 6.26 Å². The van der Waals surface area contributed by atoms with Crippen molar-refractivity contribution in [3.8, 4) is 0 Å². The maximum atomic E-state index is 5.36. The van der Waals surface area contributed by atoms with Gasteiger partial charge in [0.15, 0.2) is 0 Å². The molecule has 2 rings (SSSR count). The summed E-state index contributed by atoms with van der Waals surface area (Å²) in [4.78, 5) is 0. The lowest BCUT2D eigenvalue weighted by atomic mass is 9.87. The number of aryl methyl sites for hydroxylation is 1. The van der Waals surface area contributed by atoms with Crippen LogP contribution in [0.3, 0.4) is 0 Å². The molecule has 2 nitrogen and oxygen atoms in total. The van der Waals surface area contributed by atoms with E-state index in [0.717, 1.165) is 24.5 Å². The summed E-state index contributed by atoms with van der Waals surface area (Å²) in [5, 5.41) is 3.65. The van der Waals surface area contributed by atoms with E-state index in [9.17, 15) is 0 Å². The SMILES string of the molecule is CC(CCc1ccco1)NCCC1CCCCC1. The van der Waals surface area contributed by atoms with Gasteiger partial charge in [0.1, 0.15) is 5.76 Å². The Morgan fingerprint density at radius 3 is 2.89 bits per heavy atom. The minimum Gasteiger partial charge on any atom is -0.469 e. The molecule has 1 aromatic rings. The van der Waals surface area contributed by atoms with Gasteiger partial charge in [-0.05, 0) is 44.4 Å². The van der Waals surface area contributed by atoms with Crippen LogP contribution >= 0.6 is 0 Å². The van der Waals surface area contributed by atoms with E-state index in [-0.39, 0.29) is 0 Å². The van der Waals surface area contributed by atoms with Crippen molar-refractivity contribution in [3.05, 3.63) is 24.2 Å². The fraction of sp³-hybridized carbons (Fsp3) is 0.750. The molecule has 102 valence electrons. The zero-order valence-electron chi connectivity index (χ0n) is 11.7. The lowest BCUT2D eigenvalue weighted by Gasteiger charge is -2.22. The van der Waals surface area contributed by atoms with Crippen LogP contribution in [0.15, 0.2) is 22.8 Å². The molecule has 0 aromatic carbocycles. The molecule has 18 heavy (non-hydrogen) atoms. The molecule has 1 heterocycles. The Balaban J connectivity index is 1.52. The first-order valence-electron chi connectivity index (χ1n) is 7.60. The smallest absolute Gasteiger partial charge is 0.103 e. The van der Waals surface area contributed by atoms with Crippen molar-refractivity contribution in [1.29, 1.82) is 0 Å². The third kappa shape index (κ3) is 4.85. The van der Waals surface area contributed by atoms with E-state index in [1.807, 2.05) is 6.07 Å². The normalized spacial score (nSPS) is 18.9. The molecular formula is C16H27NO. The highest BCUT2D eigenvalue weighted by atomic mass is 16.3. The summed E-state index contributed by atoms with van der Waals surface area (Å²) in [7, 11) is 0. The van der Waals surface area contributed by atoms with Crippen LogP contribution in [0, 0.1) is 5.92 Å². The van der Waals surface area contributed by atoms with E-state index in [2.05, 4.69) is 18.3 Å². The Hall–Kier alpha value is -0.760. The first kappa shape index (κ1) is 13.7. The van der Waals surface area contributed by atoms with Crippen LogP contribution in [0.4, 0.5) is 0 Å². The molecule has 0 bridgehead atoms. The van der Waals surface area contributed by atoms with Crippen molar-refractivity contribution in [1.82, 2.24) is 5.32 Å². The molecule has 0 aliphatic heterocycles. The second-order valence-electron chi connectivity index (χ2n) is 5.77. The van der Waals surface area contributed by atoms with Gasteiger partial charge < -0.3 is 9.73 Å². The molecule has 1 aliphatic carbocycles. The first-order valence-corrected chi connectivity index (χ1v) is 7.60. The average Bonchev–Trinajstić information content (AvgIpc) is 2.91. The third-order valence-corrected chi connectivity index (χ3v) is 4.17. The Bertz CT molecular complexity index is 301. The average molecular weight is 249 g/mol. The molecule has 1 aliphatic rings. The van der Waals surface area contributed by atoms with Crippen LogP contribution in [0.25, 0.3) is 0 Å². The minimum atomic E-state index is 0.596. The molecule has 1 unspecified atom stereocenters. The number of nitrogens with one attached hydrogen (secondary N) is 1. The summed E-state index contributed by atoms with van der Waals surface area (Å²) in [5.74, 6) is 2.10. The second-order valence-corrected chi connectivity index (χ2v) is 5.77. The van der Waals surface area contributed by atoms with Gasteiger partial charge in [-0.25, -0.2) is 0 Å². The molecule has 0 saturated heterocycles. The van der Waals surface area contributed by atoms with Crippen molar-refractivity contribution in [2.45, 2.75) is 64.3 Å². The highest BCUT2D eigenvalue weighted by Crippen LogP contribution is 2.25. The van der Waals surface area contributed by atoms with E-state index >= 15 is 0 Å². The number of hydrogen-bond donors (Lipinski definition) is 1. The molecule has 0 radical (unpaired) electrons. The van der Waals surface area contributed by atoms with Crippen molar-refractivity contribution in [2.24, 2.45) is 5.92 Å². The van der Waals surface area contributed by atoms with Crippen molar-refractivity contribution in [3.63, 3.8) is 0 Å². The number of rotatable bonds is 7. The Morgan fingerprint density at radius 1 is 1.33 bits per heavy atom. The van der Waals surface area contributed by atoms with E-state index in [1.165, 1.54) is 45.1 Å². The van der Waals surface area contributed by atoms with E-state index in [4.69, 9.17) is 4.42 Å². The first-order chi connectivity index (χ1) is 8.84. The van der Waals surface area contributed by atoms with Gasteiger partial charge in [-0.2, -0.15) is 0 Å². The second kappa shape index (κ2) is 7.63. The lowest BCUT2D eigenvalue weighted by Crippen LogP contribution is -2.29. The van der Waals surface area contributed by atoms with Gasteiger partial charge >= 0.3 is 0 Å². The quantitative estimate of drug-likeness (QED) is 0.785. The summed E-state index contributed by atoms with van der Waals surface area (Å²) in [6.07, 6.45) is 12.6. The fourth-order valence-corrected chi connectivity index (χ4v) is 2.93. The van der Waals surface area contributed by atoms with Gasteiger partial charge in [-0.3, -0.25) is 0 Å². The Kier molecular flexibility index (Phi) is 5.79. The summed E-state index contributed by atoms with van der Waals surface area (Å²) in [6.45, 7) is 3.47. The van der Waals surface area contributed by atoms with Crippen LogP contribution < -0.4 is 5.32 Å². The molecule has 0 amide bonds. The van der Waals surface area contributed by atoms with Gasteiger partial charge in [-0.1, -0.05) is 32.1 Å². The summed E-state index contributed by atoms with van der Waals surface area (Å²) < 4.78 is 5.36. The molecule has 0 spiro atoms. The minimum absolute atomic E-state index is 0.596. The Morgan fingerprint density at radius 2 is 2.17 bits per heavy atom.